The number of hydrogen-bond acceptors (Lipinski definition) is 4. The Morgan fingerprint density at radius 1 is 1.52 bits per heavy atom. The lowest BCUT2D eigenvalue weighted by Gasteiger charge is -2.20. The molecule has 5 nitrogen and oxygen atoms in total. The molecular weight excluding hydrogens is 358 g/mol. The number of nitrogens with zero attached hydrogens (tertiary/aromatic N) is 1. The Labute approximate surface area is 137 Å². The Morgan fingerprint density at radius 2 is 2.19 bits per heavy atom. The first-order valence-corrected chi connectivity index (χ1v) is 7.46. The van der Waals surface area contributed by atoms with Crippen LogP contribution in [0, 0.1) is 11.3 Å². The van der Waals surface area contributed by atoms with E-state index < -0.39 is 17.7 Å². The van der Waals surface area contributed by atoms with Crippen molar-refractivity contribution in [2.45, 2.75) is 32.4 Å². The molecule has 1 aromatic rings. The fourth-order valence-electron chi connectivity index (χ4n) is 1.42. The van der Waals surface area contributed by atoms with Crippen molar-refractivity contribution >= 4 is 39.3 Å². The summed E-state index contributed by atoms with van der Waals surface area (Å²) < 4.78 is 5.83. The lowest BCUT2D eigenvalue weighted by atomic mass is 10.2. The highest BCUT2D eigenvalue weighted by Crippen LogP contribution is 2.25. The molecule has 0 aliphatic carbocycles. The standard InChI is InChI=1S/C14H17BrClN3O2/c1-14(2,3)21-13(20)18-8-10(7-17)19-9-4-5-12(16)11(15)6-9/h4-6,10,19H,8H2,1-3H3,(H,18,20). The number of amides is 1. The van der Waals surface area contributed by atoms with Gasteiger partial charge >= 0.3 is 6.09 Å². The number of hydrogen-bond donors (Lipinski definition) is 2. The Balaban J connectivity index is 2.54. The van der Waals surface area contributed by atoms with Crippen molar-refractivity contribution < 1.29 is 9.53 Å². The van der Waals surface area contributed by atoms with Gasteiger partial charge in [-0.1, -0.05) is 11.6 Å². The zero-order valence-corrected chi connectivity index (χ0v) is 14.4. The van der Waals surface area contributed by atoms with Gasteiger partial charge in [0.1, 0.15) is 11.6 Å². The minimum Gasteiger partial charge on any atom is -0.444 e. The van der Waals surface area contributed by atoms with Crippen molar-refractivity contribution in [3.05, 3.63) is 27.7 Å². The van der Waals surface area contributed by atoms with Gasteiger partial charge in [-0.15, -0.1) is 0 Å². The molecule has 0 spiro atoms. The topological polar surface area (TPSA) is 74.1 Å². The molecule has 2 N–H and O–H groups in total. The zero-order valence-electron chi connectivity index (χ0n) is 12.0. The van der Waals surface area contributed by atoms with Crippen LogP contribution in [0.2, 0.25) is 5.02 Å². The SMILES string of the molecule is CC(C)(C)OC(=O)NCC(C#N)Nc1ccc(Cl)c(Br)c1. The van der Waals surface area contributed by atoms with Gasteiger partial charge in [0.05, 0.1) is 17.6 Å². The second-order valence-corrected chi connectivity index (χ2v) is 6.60. The van der Waals surface area contributed by atoms with Crippen LogP contribution in [0.15, 0.2) is 22.7 Å². The van der Waals surface area contributed by atoms with Gasteiger partial charge in [-0.05, 0) is 54.9 Å². The summed E-state index contributed by atoms with van der Waals surface area (Å²) in [5, 5.41) is 15.2. The smallest absolute Gasteiger partial charge is 0.407 e. The molecule has 1 aromatic carbocycles. The average molecular weight is 375 g/mol. The number of benzene rings is 1. The normalized spacial score (nSPS) is 12.2. The van der Waals surface area contributed by atoms with Crippen LogP contribution in [0.5, 0.6) is 0 Å². The number of nitriles is 1. The van der Waals surface area contributed by atoms with Crippen molar-refractivity contribution in [1.29, 1.82) is 5.26 Å². The van der Waals surface area contributed by atoms with Crippen molar-refractivity contribution in [2.24, 2.45) is 0 Å². The number of anilines is 1. The summed E-state index contributed by atoms with van der Waals surface area (Å²) in [7, 11) is 0. The molecule has 21 heavy (non-hydrogen) atoms. The van der Waals surface area contributed by atoms with Crippen LogP contribution in [0.3, 0.4) is 0 Å². The fourth-order valence-corrected chi connectivity index (χ4v) is 1.91. The molecule has 0 radical (unpaired) electrons. The molecule has 0 aliphatic heterocycles. The number of halogens is 2. The van der Waals surface area contributed by atoms with Crippen LogP contribution in [0.25, 0.3) is 0 Å². The molecule has 0 fully saturated rings. The number of alkyl carbamates (subject to hydrolysis) is 1. The molecule has 1 unspecified atom stereocenters. The largest absolute Gasteiger partial charge is 0.444 e. The first-order valence-electron chi connectivity index (χ1n) is 6.29. The summed E-state index contributed by atoms with van der Waals surface area (Å²) in [5.41, 5.74) is 0.157. The van der Waals surface area contributed by atoms with E-state index in [9.17, 15) is 4.79 Å². The highest BCUT2D eigenvalue weighted by molar-refractivity contribution is 9.10. The number of ether oxygens (including phenoxy) is 1. The van der Waals surface area contributed by atoms with Gasteiger partial charge in [0.25, 0.3) is 0 Å². The van der Waals surface area contributed by atoms with Gasteiger partial charge in [0.2, 0.25) is 0 Å². The predicted octanol–water partition coefficient (Wildman–Crippen LogP) is 3.93. The Morgan fingerprint density at radius 3 is 2.71 bits per heavy atom. The van der Waals surface area contributed by atoms with Gasteiger partial charge < -0.3 is 15.4 Å². The minimum absolute atomic E-state index is 0.131. The second kappa shape index (κ2) is 7.53. The van der Waals surface area contributed by atoms with E-state index >= 15 is 0 Å². The van der Waals surface area contributed by atoms with Crippen LogP contribution in [0.4, 0.5) is 10.5 Å². The highest BCUT2D eigenvalue weighted by Gasteiger charge is 2.17. The Hall–Kier alpha value is -1.45. The monoisotopic (exact) mass is 373 g/mol. The third kappa shape index (κ3) is 6.69. The molecule has 0 saturated heterocycles. The maximum Gasteiger partial charge on any atom is 0.407 e. The fraction of sp³-hybridized carbons (Fsp3) is 0.429. The molecular formula is C14H17BrClN3O2. The van der Waals surface area contributed by atoms with Gasteiger partial charge in [0, 0.05) is 10.2 Å². The molecule has 0 bridgehead atoms. The zero-order chi connectivity index (χ0) is 16.0. The van der Waals surface area contributed by atoms with Crippen molar-refractivity contribution in [3.8, 4) is 6.07 Å². The first kappa shape index (κ1) is 17.6. The number of rotatable bonds is 4. The number of nitrogens with one attached hydrogen (secondary N) is 2. The van der Waals surface area contributed by atoms with E-state index in [1.807, 2.05) is 0 Å². The van der Waals surface area contributed by atoms with Crippen LogP contribution in [-0.4, -0.2) is 24.3 Å². The molecule has 1 amide bonds. The second-order valence-electron chi connectivity index (χ2n) is 5.34. The Bertz CT molecular complexity index is 552. The van der Waals surface area contributed by atoms with E-state index in [2.05, 4.69) is 32.6 Å². The van der Waals surface area contributed by atoms with Crippen LogP contribution in [-0.2, 0) is 4.74 Å². The molecule has 0 aliphatic rings. The van der Waals surface area contributed by atoms with E-state index in [0.717, 1.165) is 10.2 Å². The van der Waals surface area contributed by atoms with Gasteiger partial charge in [-0.25, -0.2) is 4.79 Å². The van der Waals surface area contributed by atoms with Gasteiger partial charge in [-0.2, -0.15) is 5.26 Å². The average Bonchev–Trinajstić information content (AvgIpc) is 2.36. The summed E-state index contributed by atoms with van der Waals surface area (Å²) in [6.07, 6.45) is -0.554. The summed E-state index contributed by atoms with van der Waals surface area (Å²) in [6.45, 7) is 5.46. The molecule has 114 valence electrons. The molecule has 0 saturated carbocycles. The van der Waals surface area contributed by atoms with E-state index in [1.165, 1.54) is 0 Å². The van der Waals surface area contributed by atoms with E-state index in [-0.39, 0.29) is 6.54 Å². The maximum absolute atomic E-state index is 11.5. The predicted molar refractivity (Wildman–Crippen MR) is 86.4 cm³/mol. The quantitative estimate of drug-likeness (QED) is 0.837. The van der Waals surface area contributed by atoms with E-state index in [0.29, 0.717) is 5.02 Å². The van der Waals surface area contributed by atoms with E-state index in [4.69, 9.17) is 21.6 Å². The van der Waals surface area contributed by atoms with Gasteiger partial charge in [0.15, 0.2) is 0 Å². The summed E-state index contributed by atoms with van der Waals surface area (Å²) in [6, 6.07) is 6.73. The maximum atomic E-state index is 11.5. The molecule has 7 heteroatoms. The number of carbonyl (C=O) groups excluding carboxylic acids is 1. The van der Waals surface area contributed by atoms with Crippen LogP contribution < -0.4 is 10.6 Å². The summed E-state index contributed by atoms with van der Waals surface area (Å²) >= 11 is 9.21. The molecule has 1 rings (SSSR count). The van der Waals surface area contributed by atoms with Gasteiger partial charge in [-0.3, -0.25) is 0 Å². The Kier molecular flexibility index (Phi) is 6.31. The minimum atomic E-state index is -0.578. The third-order valence-electron chi connectivity index (χ3n) is 2.27. The molecule has 0 heterocycles. The van der Waals surface area contributed by atoms with Crippen LogP contribution in [0.1, 0.15) is 20.8 Å². The third-order valence-corrected chi connectivity index (χ3v) is 3.48. The number of carbonyl (C=O) groups is 1. The highest BCUT2D eigenvalue weighted by atomic mass is 79.9. The lowest BCUT2D eigenvalue weighted by Crippen LogP contribution is -2.39. The summed E-state index contributed by atoms with van der Waals surface area (Å²) in [4.78, 5) is 11.5. The van der Waals surface area contributed by atoms with Crippen molar-refractivity contribution in [3.63, 3.8) is 0 Å². The van der Waals surface area contributed by atoms with Crippen molar-refractivity contribution in [1.82, 2.24) is 5.32 Å². The first-order chi connectivity index (χ1) is 9.71. The molecule has 0 aromatic heterocycles. The van der Waals surface area contributed by atoms with Crippen molar-refractivity contribution in [2.75, 3.05) is 11.9 Å². The molecule has 1 atom stereocenters. The summed E-state index contributed by atoms with van der Waals surface area (Å²) in [5.74, 6) is 0. The lowest BCUT2D eigenvalue weighted by molar-refractivity contribution is 0.0527. The van der Waals surface area contributed by atoms with E-state index in [1.54, 1.807) is 39.0 Å². The van der Waals surface area contributed by atoms with Crippen LogP contribution >= 0.6 is 27.5 Å².